The number of carbonyl (C=O) groups is 1. The van der Waals surface area contributed by atoms with Gasteiger partial charge in [0.15, 0.2) is 5.82 Å². The Bertz CT molecular complexity index is 287. The number of methoxy groups -OCH3 is 1. The Hall–Kier alpha value is -1.53. The standard InChI is InChI=1S/C8H12N4O2/c1-14-6(4-9)8(13)12-7-5-10-2-3-11-7/h2-3,5-6H,4,9H2,1H3,(H,11,12,13). The minimum atomic E-state index is -0.656. The van der Waals surface area contributed by atoms with Crippen molar-refractivity contribution in [1.82, 2.24) is 9.97 Å². The fourth-order valence-electron chi connectivity index (χ4n) is 0.881. The molecule has 0 aliphatic rings. The number of anilines is 1. The summed E-state index contributed by atoms with van der Waals surface area (Å²) in [5.41, 5.74) is 5.32. The number of aromatic nitrogens is 2. The van der Waals surface area contributed by atoms with Crippen molar-refractivity contribution < 1.29 is 9.53 Å². The zero-order valence-electron chi connectivity index (χ0n) is 7.80. The first-order valence-electron chi connectivity index (χ1n) is 4.07. The smallest absolute Gasteiger partial charge is 0.256 e. The van der Waals surface area contributed by atoms with Gasteiger partial charge in [-0.3, -0.25) is 9.78 Å². The first-order chi connectivity index (χ1) is 6.77. The number of hydrogen-bond donors (Lipinski definition) is 2. The number of amides is 1. The molecule has 76 valence electrons. The van der Waals surface area contributed by atoms with Crippen LogP contribution in [0.15, 0.2) is 18.6 Å². The van der Waals surface area contributed by atoms with Crippen molar-refractivity contribution in [3.05, 3.63) is 18.6 Å². The molecule has 3 N–H and O–H groups in total. The van der Waals surface area contributed by atoms with Crippen LogP contribution in [-0.2, 0) is 9.53 Å². The number of hydrogen-bond acceptors (Lipinski definition) is 5. The molecule has 6 heteroatoms. The third kappa shape index (κ3) is 2.75. The van der Waals surface area contributed by atoms with Crippen LogP contribution >= 0.6 is 0 Å². The first kappa shape index (κ1) is 10.6. The monoisotopic (exact) mass is 196 g/mol. The predicted octanol–water partition coefficient (Wildman–Crippen LogP) is -0.611. The number of ether oxygens (including phenoxy) is 1. The zero-order chi connectivity index (χ0) is 10.4. The van der Waals surface area contributed by atoms with Gasteiger partial charge in [-0.25, -0.2) is 4.98 Å². The molecule has 0 fully saturated rings. The van der Waals surface area contributed by atoms with Crippen LogP contribution in [0.1, 0.15) is 0 Å². The summed E-state index contributed by atoms with van der Waals surface area (Å²) in [5, 5.41) is 2.53. The molecule has 14 heavy (non-hydrogen) atoms. The largest absolute Gasteiger partial charge is 0.370 e. The van der Waals surface area contributed by atoms with E-state index in [1.165, 1.54) is 25.7 Å². The van der Waals surface area contributed by atoms with Gasteiger partial charge in [-0.2, -0.15) is 0 Å². The van der Waals surface area contributed by atoms with E-state index in [2.05, 4.69) is 15.3 Å². The minimum absolute atomic E-state index is 0.128. The van der Waals surface area contributed by atoms with E-state index in [4.69, 9.17) is 10.5 Å². The van der Waals surface area contributed by atoms with E-state index in [-0.39, 0.29) is 12.5 Å². The third-order valence-corrected chi connectivity index (χ3v) is 1.61. The van der Waals surface area contributed by atoms with Gasteiger partial charge in [0.1, 0.15) is 6.10 Å². The molecule has 0 saturated carbocycles. The maximum Gasteiger partial charge on any atom is 0.256 e. The second kappa shape index (κ2) is 5.25. The number of rotatable bonds is 4. The Morgan fingerprint density at radius 1 is 1.71 bits per heavy atom. The van der Waals surface area contributed by atoms with Crippen LogP contribution in [0, 0.1) is 0 Å². The van der Waals surface area contributed by atoms with Gasteiger partial charge in [-0.15, -0.1) is 0 Å². The molecule has 0 radical (unpaired) electrons. The van der Waals surface area contributed by atoms with Gasteiger partial charge in [-0.05, 0) is 0 Å². The van der Waals surface area contributed by atoms with Crippen LogP contribution < -0.4 is 11.1 Å². The lowest BCUT2D eigenvalue weighted by atomic mass is 10.3. The van der Waals surface area contributed by atoms with Crippen LogP contribution in [0.5, 0.6) is 0 Å². The minimum Gasteiger partial charge on any atom is -0.370 e. The summed E-state index contributed by atoms with van der Waals surface area (Å²) in [6, 6.07) is 0. The van der Waals surface area contributed by atoms with Gasteiger partial charge in [0.25, 0.3) is 5.91 Å². The van der Waals surface area contributed by atoms with E-state index in [1.54, 1.807) is 0 Å². The molecule has 1 rings (SSSR count). The highest BCUT2D eigenvalue weighted by Crippen LogP contribution is 1.99. The van der Waals surface area contributed by atoms with Crippen molar-refractivity contribution in [2.24, 2.45) is 5.73 Å². The Balaban J connectivity index is 2.57. The molecule has 0 aliphatic carbocycles. The van der Waals surface area contributed by atoms with Crippen LogP contribution in [-0.4, -0.2) is 35.6 Å². The summed E-state index contributed by atoms with van der Waals surface area (Å²) < 4.78 is 4.85. The molecule has 1 amide bonds. The summed E-state index contributed by atoms with van der Waals surface area (Å²) in [6.07, 6.45) is 3.80. The fraction of sp³-hybridized carbons (Fsp3) is 0.375. The normalized spacial score (nSPS) is 12.1. The highest BCUT2D eigenvalue weighted by atomic mass is 16.5. The Kier molecular flexibility index (Phi) is 3.96. The summed E-state index contributed by atoms with van der Waals surface area (Å²) in [6.45, 7) is 0.128. The second-order valence-corrected chi connectivity index (χ2v) is 2.54. The van der Waals surface area contributed by atoms with Gasteiger partial charge in [0.05, 0.1) is 6.20 Å². The highest BCUT2D eigenvalue weighted by Gasteiger charge is 2.15. The number of nitrogens with zero attached hydrogens (tertiary/aromatic N) is 2. The fourth-order valence-corrected chi connectivity index (χ4v) is 0.881. The molecule has 6 nitrogen and oxygen atoms in total. The Morgan fingerprint density at radius 3 is 3.00 bits per heavy atom. The molecular formula is C8H12N4O2. The summed E-state index contributed by atoms with van der Waals surface area (Å²) >= 11 is 0. The van der Waals surface area contributed by atoms with Gasteiger partial charge in [0.2, 0.25) is 0 Å². The number of carbonyl (C=O) groups excluding carboxylic acids is 1. The lowest BCUT2D eigenvalue weighted by molar-refractivity contribution is -0.125. The molecule has 0 spiro atoms. The van der Waals surface area contributed by atoms with Crippen molar-refractivity contribution in [2.45, 2.75) is 6.10 Å². The maximum absolute atomic E-state index is 11.4. The van der Waals surface area contributed by atoms with E-state index in [9.17, 15) is 4.79 Å². The SMILES string of the molecule is COC(CN)C(=O)Nc1cnccn1. The van der Waals surface area contributed by atoms with Crippen LogP contribution in [0.25, 0.3) is 0 Å². The Morgan fingerprint density at radius 2 is 2.50 bits per heavy atom. The number of nitrogens with two attached hydrogens (primary N) is 1. The molecule has 0 bridgehead atoms. The van der Waals surface area contributed by atoms with Gasteiger partial charge >= 0.3 is 0 Å². The Labute approximate surface area is 81.5 Å². The van der Waals surface area contributed by atoms with Crippen molar-refractivity contribution in [1.29, 1.82) is 0 Å². The second-order valence-electron chi connectivity index (χ2n) is 2.54. The van der Waals surface area contributed by atoms with Gasteiger partial charge in [0, 0.05) is 26.0 Å². The van der Waals surface area contributed by atoms with Crippen molar-refractivity contribution in [2.75, 3.05) is 19.0 Å². The van der Waals surface area contributed by atoms with Crippen LogP contribution in [0.4, 0.5) is 5.82 Å². The average molecular weight is 196 g/mol. The maximum atomic E-state index is 11.4. The van der Waals surface area contributed by atoms with E-state index >= 15 is 0 Å². The van der Waals surface area contributed by atoms with E-state index in [1.807, 2.05) is 0 Å². The topological polar surface area (TPSA) is 90.1 Å². The average Bonchev–Trinajstić information content (AvgIpc) is 2.21. The van der Waals surface area contributed by atoms with E-state index in [0.29, 0.717) is 5.82 Å². The van der Waals surface area contributed by atoms with Crippen LogP contribution in [0.3, 0.4) is 0 Å². The first-order valence-corrected chi connectivity index (χ1v) is 4.07. The third-order valence-electron chi connectivity index (χ3n) is 1.61. The molecular weight excluding hydrogens is 184 g/mol. The lowest BCUT2D eigenvalue weighted by Gasteiger charge is -2.11. The number of nitrogens with one attached hydrogen (secondary N) is 1. The molecule has 1 aromatic heterocycles. The molecule has 1 atom stereocenters. The summed E-state index contributed by atoms with van der Waals surface area (Å²) in [5.74, 6) is 0.0588. The quantitative estimate of drug-likeness (QED) is 0.670. The predicted molar refractivity (Wildman–Crippen MR) is 50.5 cm³/mol. The van der Waals surface area contributed by atoms with E-state index < -0.39 is 6.10 Å². The van der Waals surface area contributed by atoms with Crippen LogP contribution in [0.2, 0.25) is 0 Å². The van der Waals surface area contributed by atoms with Crippen molar-refractivity contribution >= 4 is 11.7 Å². The van der Waals surface area contributed by atoms with Crippen molar-refractivity contribution in [3.63, 3.8) is 0 Å². The lowest BCUT2D eigenvalue weighted by Crippen LogP contribution is -2.36. The molecule has 1 heterocycles. The molecule has 0 aromatic carbocycles. The highest BCUT2D eigenvalue weighted by molar-refractivity contribution is 5.93. The summed E-state index contributed by atoms with van der Waals surface area (Å²) in [4.78, 5) is 19.1. The van der Waals surface area contributed by atoms with E-state index in [0.717, 1.165) is 0 Å². The molecule has 1 aromatic rings. The zero-order valence-corrected chi connectivity index (χ0v) is 7.80. The molecule has 1 unspecified atom stereocenters. The van der Waals surface area contributed by atoms with Gasteiger partial charge in [-0.1, -0.05) is 0 Å². The molecule has 0 aliphatic heterocycles. The molecule has 0 saturated heterocycles. The van der Waals surface area contributed by atoms with Gasteiger partial charge < -0.3 is 15.8 Å². The summed E-state index contributed by atoms with van der Waals surface area (Å²) in [7, 11) is 1.42. The van der Waals surface area contributed by atoms with Crippen molar-refractivity contribution in [3.8, 4) is 0 Å².